The monoisotopic (exact) mass is 372 g/mol. The Morgan fingerprint density at radius 1 is 1.29 bits per heavy atom. The molecule has 0 saturated heterocycles. The molecule has 0 fully saturated rings. The van der Waals surface area contributed by atoms with Crippen molar-refractivity contribution in [3.63, 3.8) is 0 Å². The Labute approximate surface area is 143 Å². The van der Waals surface area contributed by atoms with Crippen molar-refractivity contribution < 1.29 is 24.1 Å². The van der Waals surface area contributed by atoms with Crippen molar-refractivity contribution >= 4 is 35.5 Å². The van der Waals surface area contributed by atoms with E-state index in [1.54, 1.807) is 24.3 Å². The molecule has 24 heavy (non-hydrogen) atoms. The van der Waals surface area contributed by atoms with Gasteiger partial charge in [-0.05, 0) is 30.6 Å². The number of carboxylic acids is 1. The fraction of sp³-hybridized carbons (Fsp3) is 0.400. The summed E-state index contributed by atoms with van der Waals surface area (Å²) in [6.45, 7) is 3.52. The van der Waals surface area contributed by atoms with Crippen LogP contribution in [0.15, 0.2) is 24.3 Å². The number of hydrogen-bond donors (Lipinski definition) is 3. The minimum atomic E-state index is -2.28. The lowest BCUT2D eigenvalue weighted by Crippen LogP contribution is -2.33. The number of nitrogens with one attached hydrogen (secondary N) is 1. The molecule has 7 nitrogen and oxygen atoms in total. The van der Waals surface area contributed by atoms with Crippen LogP contribution in [0.5, 0.6) is 0 Å². The van der Waals surface area contributed by atoms with Crippen LogP contribution in [-0.4, -0.2) is 51.9 Å². The lowest BCUT2D eigenvalue weighted by molar-refractivity contribution is -0.138. The third-order valence-electron chi connectivity index (χ3n) is 3.85. The Balaban J connectivity index is 1.99. The van der Waals surface area contributed by atoms with Gasteiger partial charge in [0, 0.05) is 6.54 Å². The summed E-state index contributed by atoms with van der Waals surface area (Å²) >= 11 is 0. The molecule has 2 rings (SSSR count). The molecule has 0 aliphatic carbocycles. The Morgan fingerprint density at radius 2 is 1.83 bits per heavy atom. The molecule has 2 unspecified atom stereocenters. The third-order valence-corrected chi connectivity index (χ3v) is 10.3. The minimum Gasteiger partial charge on any atom is -0.480 e. The Kier molecular flexibility index (Phi) is 6.21. The van der Waals surface area contributed by atoms with Gasteiger partial charge in [-0.25, -0.2) is 5.09 Å². The molecule has 3 atom stereocenters. The van der Waals surface area contributed by atoms with E-state index in [9.17, 15) is 18.9 Å². The number of thiol groups is 1. The van der Waals surface area contributed by atoms with Crippen molar-refractivity contribution in [2.24, 2.45) is 0 Å². The molecule has 1 heterocycles. The number of carboxylic acid groups (broad SMARTS) is 1. The fourth-order valence-electron chi connectivity index (χ4n) is 2.40. The summed E-state index contributed by atoms with van der Waals surface area (Å²) in [7, 11) is -3.26. The predicted octanol–water partition coefficient (Wildman–Crippen LogP) is 1.76. The van der Waals surface area contributed by atoms with Gasteiger partial charge in [0.05, 0.1) is 11.1 Å². The lowest BCUT2D eigenvalue weighted by Gasteiger charge is -2.23. The predicted molar refractivity (Wildman–Crippen MR) is 95.4 cm³/mol. The van der Waals surface area contributed by atoms with Gasteiger partial charge >= 0.3 is 5.97 Å². The Bertz CT molecular complexity index is 661. The molecule has 1 aliphatic heterocycles. The molecule has 132 valence electrons. The van der Waals surface area contributed by atoms with Crippen molar-refractivity contribution in [2.75, 3.05) is 18.1 Å². The van der Waals surface area contributed by atoms with Gasteiger partial charge < -0.3 is 5.11 Å². The van der Waals surface area contributed by atoms with Crippen LogP contribution < -0.4 is 5.09 Å². The second-order valence-electron chi connectivity index (χ2n) is 5.40. The van der Waals surface area contributed by atoms with Crippen LogP contribution in [-0.2, 0) is 9.36 Å². The molecule has 0 spiro atoms. The van der Waals surface area contributed by atoms with Gasteiger partial charge in [0.1, 0.15) is 6.04 Å². The number of rotatable bonds is 8. The number of carbonyl (C=O) groups is 3. The summed E-state index contributed by atoms with van der Waals surface area (Å²) in [5, 5.41) is 11.5. The van der Waals surface area contributed by atoms with Gasteiger partial charge in [0.15, 0.2) is 7.15 Å². The highest BCUT2D eigenvalue weighted by atomic mass is 32.8. The Hall–Kier alpha value is -1.63. The standard InChI is InChI=1S/C15H21N2O5PS/c1-3-24(23(22)16-10(2)15(20)21)9-8-17-13(18)11-6-4-5-7-12(11)14(17)19/h4-7,10,23-24H,3,8-9H2,1-2H3,(H,16,22)(H,20,21)/t10-/m0/s1. The van der Waals surface area contributed by atoms with Crippen LogP contribution in [0.3, 0.4) is 0 Å². The van der Waals surface area contributed by atoms with E-state index in [0.717, 1.165) is 0 Å². The normalized spacial score (nSPS) is 18.2. The largest absolute Gasteiger partial charge is 0.480 e. The Morgan fingerprint density at radius 3 is 2.29 bits per heavy atom. The van der Waals surface area contributed by atoms with Crippen LogP contribution in [0.25, 0.3) is 0 Å². The average molecular weight is 372 g/mol. The SMILES string of the molecule is CC[SH](CCN1C(=O)c2ccccc2C1=O)[PH](=O)N[C@@H](C)C(=O)O. The highest BCUT2D eigenvalue weighted by Gasteiger charge is 2.35. The van der Waals surface area contributed by atoms with E-state index in [1.165, 1.54) is 11.8 Å². The number of hydrogen-bond acceptors (Lipinski definition) is 4. The summed E-state index contributed by atoms with van der Waals surface area (Å²) in [5.41, 5.74) is 0.794. The zero-order valence-electron chi connectivity index (χ0n) is 13.5. The molecule has 0 radical (unpaired) electrons. The van der Waals surface area contributed by atoms with Gasteiger partial charge in [0.25, 0.3) is 11.8 Å². The van der Waals surface area contributed by atoms with E-state index in [0.29, 0.717) is 22.6 Å². The van der Waals surface area contributed by atoms with Crippen molar-refractivity contribution in [3.05, 3.63) is 35.4 Å². The van der Waals surface area contributed by atoms with Gasteiger partial charge in [0.2, 0.25) is 0 Å². The molecule has 9 heteroatoms. The number of nitrogens with zero attached hydrogens (tertiary/aromatic N) is 1. The maximum atomic E-state index is 12.3. The van der Waals surface area contributed by atoms with E-state index in [4.69, 9.17) is 5.11 Å². The number of aliphatic carboxylic acids is 1. The summed E-state index contributed by atoms with van der Waals surface area (Å²) < 4.78 is 12.3. The number of carbonyl (C=O) groups excluding carboxylic acids is 2. The van der Waals surface area contributed by atoms with Crippen molar-refractivity contribution in [1.82, 2.24) is 9.99 Å². The van der Waals surface area contributed by atoms with Crippen LogP contribution in [0.4, 0.5) is 0 Å². The number of benzene rings is 1. The zero-order chi connectivity index (χ0) is 17.9. The van der Waals surface area contributed by atoms with Gasteiger partial charge in [-0.2, -0.15) is 10.5 Å². The molecule has 1 aliphatic rings. The molecular formula is C15H21N2O5PS. The molecule has 1 aromatic rings. The minimum absolute atomic E-state index is 0.200. The van der Waals surface area contributed by atoms with Crippen LogP contribution in [0.1, 0.15) is 34.6 Å². The maximum absolute atomic E-state index is 12.3. The molecule has 0 bridgehead atoms. The van der Waals surface area contributed by atoms with Crippen molar-refractivity contribution in [3.8, 4) is 0 Å². The van der Waals surface area contributed by atoms with E-state index in [2.05, 4.69) is 5.09 Å². The van der Waals surface area contributed by atoms with E-state index in [1.807, 2.05) is 6.92 Å². The van der Waals surface area contributed by atoms with Gasteiger partial charge in [-0.15, -0.1) is 0 Å². The van der Waals surface area contributed by atoms with Crippen LogP contribution >= 0.6 is 17.7 Å². The first-order chi connectivity index (χ1) is 11.4. The molecule has 0 saturated carbocycles. The second-order valence-corrected chi connectivity index (χ2v) is 11.6. The lowest BCUT2D eigenvalue weighted by atomic mass is 10.1. The maximum Gasteiger partial charge on any atom is 0.320 e. The van der Waals surface area contributed by atoms with Crippen molar-refractivity contribution in [2.45, 2.75) is 19.9 Å². The fourth-order valence-corrected chi connectivity index (χ4v) is 7.23. The highest BCUT2D eigenvalue weighted by Crippen LogP contribution is 2.49. The molecule has 2 N–H and O–H groups in total. The summed E-state index contributed by atoms with van der Waals surface area (Å²) in [6, 6.07) is 5.78. The second kappa shape index (κ2) is 7.96. The molecule has 0 aromatic heterocycles. The number of fused-ring (bicyclic) bond motifs is 1. The van der Waals surface area contributed by atoms with Crippen LogP contribution in [0.2, 0.25) is 0 Å². The summed E-state index contributed by atoms with van der Waals surface area (Å²) in [5.74, 6) is -0.634. The third kappa shape index (κ3) is 3.88. The van der Waals surface area contributed by atoms with Gasteiger partial charge in [-0.1, -0.05) is 19.1 Å². The number of imide groups is 1. The molecule has 2 amide bonds. The first-order valence-corrected chi connectivity index (χ1v) is 11.6. The van der Waals surface area contributed by atoms with E-state index in [-0.39, 0.29) is 18.4 Å². The molecular weight excluding hydrogens is 351 g/mol. The highest BCUT2D eigenvalue weighted by molar-refractivity contribution is 8.62. The number of amides is 2. The first-order valence-electron chi connectivity index (χ1n) is 7.60. The quantitative estimate of drug-likeness (QED) is 0.365. The first kappa shape index (κ1) is 18.7. The van der Waals surface area contributed by atoms with Crippen LogP contribution in [0, 0.1) is 0 Å². The summed E-state index contributed by atoms with van der Waals surface area (Å²) in [4.78, 5) is 36.6. The molecule has 1 aromatic carbocycles. The van der Waals surface area contributed by atoms with E-state index < -0.39 is 29.7 Å². The smallest absolute Gasteiger partial charge is 0.320 e. The van der Waals surface area contributed by atoms with Gasteiger partial charge in [-0.3, -0.25) is 23.8 Å². The average Bonchev–Trinajstić information content (AvgIpc) is 2.80. The van der Waals surface area contributed by atoms with Crippen molar-refractivity contribution in [1.29, 1.82) is 0 Å². The summed E-state index contributed by atoms with van der Waals surface area (Å²) in [6.07, 6.45) is 0. The zero-order valence-corrected chi connectivity index (χ0v) is 15.4. The van der Waals surface area contributed by atoms with E-state index >= 15 is 0 Å². The topological polar surface area (TPSA) is 104 Å².